The molecule has 1 aromatic carbocycles. The average molecular weight is 246 g/mol. The van der Waals surface area contributed by atoms with Crippen molar-refractivity contribution in [1.29, 1.82) is 0 Å². The van der Waals surface area contributed by atoms with E-state index in [4.69, 9.17) is 5.73 Å². The van der Waals surface area contributed by atoms with Crippen LogP contribution in [0.15, 0.2) is 30.3 Å². The van der Waals surface area contributed by atoms with Crippen LogP contribution in [0.1, 0.15) is 37.7 Å². The first kappa shape index (κ1) is 13.6. The third-order valence-electron chi connectivity index (χ3n) is 4.18. The number of likely N-dealkylation sites (tertiary alicyclic amines) is 1. The molecular weight excluding hydrogens is 220 g/mol. The van der Waals surface area contributed by atoms with Gasteiger partial charge in [-0.05, 0) is 56.3 Å². The lowest BCUT2D eigenvalue weighted by Gasteiger charge is -2.33. The molecule has 0 spiro atoms. The summed E-state index contributed by atoms with van der Waals surface area (Å²) in [5, 5.41) is 0. The quantitative estimate of drug-likeness (QED) is 0.865. The van der Waals surface area contributed by atoms with Gasteiger partial charge in [-0.2, -0.15) is 0 Å². The van der Waals surface area contributed by atoms with Crippen LogP contribution in [0, 0.1) is 5.92 Å². The Morgan fingerprint density at radius 2 is 1.89 bits per heavy atom. The van der Waals surface area contributed by atoms with Gasteiger partial charge in [0.25, 0.3) is 0 Å². The van der Waals surface area contributed by atoms with E-state index >= 15 is 0 Å². The number of benzene rings is 1. The molecule has 1 heterocycles. The molecule has 1 unspecified atom stereocenters. The second-order valence-corrected chi connectivity index (χ2v) is 5.63. The summed E-state index contributed by atoms with van der Waals surface area (Å²) in [7, 11) is 0. The van der Waals surface area contributed by atoms with Crippen molar-refractivity contribution in [2.45, 2.75) is 32.1 Å². The third-order valence-corrected chi connectivity index (χ3v) is 4.18. The van der Waals surface area contributed by atoms with E-state index in [0.29, 0.717) is 5.92 Å². The van der Waals surface area contributed by atoms with Crippen molar-refractivity contribution in [3.8, 4) is 0 Å². The number of hydrogen-bond acceptors (Lipinski definition) is 2. The Morgan fingerprint density at radius 1 is 1.22 bits per heavy atom. The number of piperidine rings is 1. The number of nitrogens with zero attached hydrogens (tertiary/aromatic N) is 1. The Labute approximate surface area is 111 Å². The van der Waals surface area contributed by atoms with Gasteiger partial charge in [0, 0.05) is 6.54 Å². The second kappa shape index (κ2) is 6.91. The summed E-state index contributed by atoms with van der Waals surface area (Å²) in [4.78, 5) is 2.62. The van der Waals surface area contributed by atoms with Gasteiger partial charge in [0.1, 0.15) is 0 Å². The summed E-state index contributed by atoms with van der Waals surface area (Å²) < 4.78 is 0. The molecule has 1 aromatic rings. The average Bonchev–Trinajstić information content (AvgIpc) is 2.42. The zero-order valence-corrected chi connectivity index (χ0v) is 11.5. The zero-order chi connectivity index (χ0) is 12.8. The van der Waals surface area contributed by atoms with Crippen LogP contribution < -0.4 is 5.73 Å². The summed E-state index contributed by atoms with van der Waals surface area (Å²) in [6.07, 6.45) is 3.87. The Kier molecular flexibility index (Phi) is 5.21. The number of rotatable bonds is 5. The predicted octanol–water partition coefficient (Wildman–Crippen LogP) is 2.85. The van der Waals surface area contributed by atoms with Crippen LogP contribution in [0.5, 0.6) is 0 Å². The van der Waals surface area contributed by atoms with E-state index in [-0.39, 0.29) is 0 Å². The molecule has 100 valence electrons. The SMILES string of the molecule is CC(CN1CCC(CCN)CC1)c1ccccc1. The minimum Gasteiger partial charge on any atom is -0.330 e. The van der Waals surface area contributed by atoms with Crippen LogP contribution in [0.25, 0.3) is 0 Å². The van der Waals surface area contributed by atoms with Crippen molar-refractivity contribution in [3.63, 3.8) is 0 Å². The van der Waals surface area contributed by atoms with E-state index in [1.807, 2.05) is 0 Å². The molecule has 0 bridgehead atoms. The Bertz CT molecular complexity index is 328. The molecular formula is C16H26N2. The van der Waals surface area contributed by atoms with Gasteiger partial charge in [-0.3, -0.25) is 0 Å². The van der Waals surface area contributed by atoms with Gasteiger partial charge in [0.2, 0.25) is 0 Å². The lowest BCUT2D eigenvalue weighted by molar-refractivity contribution is 0.173. The lowest BCUT2D eigenvalue weighted by Crippen LogP contribution is -2.36. The fraction of sp³-hybridized carbons (Fsp3) is 0.625. The summed E-state index contributed by atoms with van der Waals surface area (Å²) in [5.74, 6) is 1.51. The maximum Gasteiger partial charge on any atom is 0.00476 e. The lowest BCUT2D eigenvalue weighted by atomic mass is 9.92. The molecule has 0 amide bonds. The van der Waals surface area contributed by atoms with Gasteiger partial charge in [0.15, 0.2) is 0 Å². The summed E-state index contributed by atoms with van der Waals surface area (Å²) in [6.45, 7) is 6.88. The molecule has 2 N–H and O–H groups in total. The molecule has 1 aliphatic heterocycles. The molecule has 1 aliphatic rings. The Morgan fingerprint density at radius 3 is 2.50 bits per heavy atom. The molecule has 18 heavy (non-hydrogen) atoms. The number of nitrogens with two attached hydrogens (primary N) is 1. The van der Waals surface area contributed by atoms with Crippen molar-refractivity contribution < 1.29 is 0 Å². The van der Waals surface area contributed by atoms with Crippen molar-refractivity contribution in [1.82, 2.24) is 4.90 Å². The van der Waals surface area contributed by atoms with Crippen LogP contribution in [0.2, 0.25) is 0 Å². The fourth-order valence-corrected chi connectivity index (χ4v) is 2.97. The van der Waals surface area contributed by atoms with E-state index in [2.05, 4.69) is 42.2 Å². The van der Waals surface area contributed by atoms with E-state index in [1.54, 1.807) is 0 Å². The van der Waals surface area contributed by atoms with Crippen LogP contribution in [-0.2, 0) is 0 Å². The monoisotopic (exact) mass is 246 g/mol. The molecule has 1 fully saturated rings. The van der Waals surface area contributed by atoms with Gasteiger partial charge in [-0.1, -0.05) is 37.3 Å². The first-order valence-corrected chi connectivity index (χ1v) is 7.27. The van der Waals surface area contributed by atoms with Crippen LogP contribution in [0.4, 0.5) is 0 Å². The molecule has 1 saturated heterocycles. The smallest absolute Gasteiger partial charge is 0.00476 e. The molecule has 1 atom stereocenters. The van der Waals surface area contributed by atoms with Crippen molar-refractivity contribution in [2.75, 3.05) is 26.2 Å². The van der Waals surface area contributed by atoms with Crippen LogP contribution >= 0.6 is 0 Å². The van der Waals surface area contributed by atoms with Crippen molar-refractivity contribution in [2.24, 2.45) is 11.7 Å². The predicted molar refractivity (Wildman–Crippen MR) is 77.7 cm³/mol. The second-order valence-electron chi connectivity index (χ2n) is 5.63. The zero-order valence-electron chi connectivity index (χ0n) is 11.5. The van der Waals surface area contributed by atoms with E-state index in [9.17, 15) is 0 Å². The molecule has 2 heteroatoms. The highest BCUT2D eigenvalue weighted by Gasteiger charge is 2.20. The standard InChI is InChI=1S/C16H26N2/c1-14(16-5-3-2-4-6-16)13-18-11-8-15(7-10-17)9-12-18/h2-6,14-15H,7-13,17H2,1H3. The maximum atomic E-state index is 5.64. The normalized spacial score (nSPS) is 19.9. The van der Waals surface area contributed by atoms with Crippen molar-refractivity contribution >= 4 is 0 Å². The first-order valence-electron chi connectivity index (χ1n) is 7.27. The molecule has 0 saturated carbocycles. The topological polar surface area (TPSA) is 29.3 Å². The highest BCUT2D eigenvalue weighted by molar-refractivity contribution is 5.19. The highest BCUT2D eigenvalue weighted by Crippen LogP contribution is 2.23. The first-order chi connectivity index (χ1) is 8.79. The van der Waals surface area contributed by atoms with Crippen LogP contribution in [0.3, 0.4) is 0 Å². The summed E-state index contributed by atoms with van der Waals surface area (Å²) >= 11 is 0. The minimum atomic E-state index is 0.636. The van der Waals surface area contributed by atoms with Gasteiger partial charge >= 0.3 is 0 Å². The van der Waals surface area contributed by atoms with Crippen molar-refractivity contribution in [3.05, 3.63) is 35.9 Å². The van der Waals surface area contributed by atoms with Gasteiger partial charge in [-0.15, -0.1) is 0 Å². The van der Waals surface area contributed by atoms with E-state index in [1.165, 1.54) is 44.5 Å². The highest BCUT2D eigenvalue weighted by atomic mass is 15.1. The summed E-state index contributed by atoms with van der Waals surface area (Å²) in [5.41, 5.74) is 7.10. The molecule has 0 aliphatic carbocycles. The summed E-state index contributed by atoms with van der Waals surface area (Å²) in [6, 6.07) is 10.9. The van der Waals surface area contributed by atoms with Gasteiger partial charge < -0.3 is 10.6 Å². The molecule has 0 aromatic heterocycles. The molecule has 2 nitrogen and oxygen atoms in total. The maximum absolute atomic E-state index is 5.64. The van der Waals surface area contributed by atoms with Gasteiger partial charge in [0.05, 0.1) is 0 Å². The Hall–Kier alpha value is -0.860. The third kappa shape index (κ3) is 3.82. The van der Waals surface area contributed by atoms with E-state index < -0.39 is 0 Å². The van der Waals surface area contributed by atoms with E-state index in [0.717, 1.165) is 12.5 Å². The fourth-order valence-electron chi connectivity index (χ4n) is 2.97. The largest absolute Gasteiger partial charge is 0.330 e. The minimum absolute atomic E-state index is 0.636. The molecule has 2 rings (SSSR count). The van der Waals surface area contributed by atoms with Crippen LogP contribution in [-0.4, -0.2) is 31.1 Å². The number of hydrogen-bond donors (Lipinski definition) is 1. The van der Waals surface area contributed by atoms with Gasteiger partial charge in [-0.25, -0.2) is 0 Å². The molecule has 0 radical (unpaired) electrons. The Balaban J connectivity index is 1.78.